The number of oxazole rings is 1. The number of likely N-dealkylation sites (tertiary alicyclic amines) is 1. The summed E-state index contributed by atoms with van der Waals surface area (Å²) in [5.74, 6) is 0.0559. The molecule has 0 radical (unpaired) electrons. The first-order valence-electron chi connectivity index (χ1n) is 7.01. The lowest BCUT2D eigenvalue weighted by atomic mass is 10.0. The maximum Gasteiger partial charge on any atom is 0.420 e. The minimum Gasteiger partial charge on any atom is -0.408 e. The lowest BCUT2D eigenvalue weighted by Crippen LogP contribution is -2.41. The minimum absolute atomic E-state index is 0.00907. The number of benzene rings is 1. The summed E-state index contributed by atoms with van der Waals surface area (Å²) in [5.41, 5.74) is 1.20. The summed E-state index contributed by atoms with van der Waals surface area (Å²) < 4.78 is 6.56. The molecule has 5 nitrogen and oxygen atoms in total. The van der Waals surface area contributed by atoms with Crippen LogP contribution in [0.25, 0.3) is 11.1 Å². The van der Waals surface area contributed by atoms with Gasteiger partial charge in [-0.3, -0.25) is 9.36 Å². The molecule has 0 N–H and O–H groups in total. The Bertz CT molecular complexity index is 686. The third kappa shape index (κ3) is 2.35. The van der Waals surface area contributed by atoms with Crippen molar-refractivity contribution in [1.29, 1.82) is 0 Å². The maximum atomic E-state index is 12.3. The number of hydrogen-bond acceptors (Lipinski definition) is 3. The van der Waals surface area contributed by atoms with Gasteiger partial charge >= 0.3 is 5.76 Å². The predicted molar refractivity (Wildman–Crippen MR) is 75.5 cm³/mol. The zero-order chi connectivity index (χ0) is 14.1. The molecule has 1 aromatic heterocycles. The van der Waals surface area contributed by atoms with Crippen molar-refractivity contribution in [2.75, 3.05) is 13.1 Å². The van der Waals surface area contributed by atoms with Crippen LogP contribution >= 0.6 is 0 Å². The van der Waals surface area contributed by atoms with E-state index in [4.69, 9.17) is 4.42 Å². The molecule has 5 heteroatoms. The smallest absolute Gasteiger partial charge is 0.408 e. The first kappa shape index (κ1) is 13.0. The predicted octanol–water partition coefficient (Wildman–Crippen LogP) is 1.85. The van der Waals surface area contributed by atoms with Gasteiger partial charge in [-0.05, 0) is 30.9 Å². The number of carbonyl (C=O) groups is 1. The number of aromatic nitrogens is 1. The molecule has 1 amide bonds. The summed E-state index contributed by atoms with van der Waals surface area (Å²) in [5, 5.41) is 0. The molecule has 0 unspecified atom stereocenters. The van der Waals surface area contributed by atoms with E-state index < -0.39 is 5.76 Å². The van der Waals surface area contributed by atoms with E-state index in [0.717, 1.165) is 19.5 Å². The summed E-state index contributed by atoms with van der Waals surface area (Å²) in [6.07, 6.45) is 2.20. The van der Waals surface area contributed by atoms with E-state index >= 15 is 0 Å². The molecule has 2 aromatic rings. The number of hydrogen-bond donors (Lipinski definition) is 0. The lowest BCUT2D eigenvalue weighted by molar-refractivity contribution is -0.133. The van der Waals surface area contributed by atoms with Crippen LogP contribution in [0.3, 0.4) is 0 Å². The number of piperidine rings is 1. The second-order valence-electron chi connectivity index (χ2n) is 5.51. The van der Waals surface area contributed by atoms with Gasteiger partial charge in [-0.1, -0.05) is 19.1 Å². The zero-order valence-corrected chi connectivity index (χ0v) is 11.5. The van der Waals surface area contributed by atoms with Crippen LogP contribution in [-0.4, -0.2) is 28.5 Å². The highest BCUT2D eigenvalue weighted by Crippen LogP contribution is 2.17. The molecule has 1 saturated heterocycles. The van der Waals surface area contributed by atoms with Crippen LogP contribution in [0.15, 0.2) is 33.5 Å². The van der Waals surface area contributed by atoms with Crippen molar-refractivity contribution < 1.29 is 9.21 Å². The normalized spacial score (nSPS) is 19.4. The van der Waals surface area contributed by atoms with Gasteiger partial charge in [-0.2, -0.15) is 0 Å². The summed E-state index contributed by atoms with van der Waals surface area (Å²) in [6.45, 7) is 3.78. The fraction of sp³-hybridized carbons (Fsp3) is 0.467. The molecule has 0 saturated carbocycles. The Morgan fingerprint density at radius 3 is 3.00 bits per heavy atom. The van der Waals surface area contributed by atoms with Gasteiger partial charge in [0.15, 0.2) is 5.58 Å². The SMILES string of the molecule is C[C@@H]1CCCN(C(=O)Cn2c(=O)oc3ccccc32)C1. The van der Waals surface area contributed by atoms with Crippen molar-refractivity contribution >= 4 is 17.0 Å². The molecule has 1 fully saturated rings. The molecule has 20 heavy (non-hydrogen) atoms. The van der Waals surface area contributed by atoms with E-state index in [1.54, 1.807) is 12.1 Å². The summed E-state index contributed by atoms with van der Waals surface area (Å²) in [4.78, 5) is 26.0. The van der Waals surface area contributed by atoms with E-state index in [2.05, 4.69) is 6.92 Å². The highest BCUT2D eigenvalue weighted by atomic mass is 16.4. The zero-order valence-electron chi connectivity index (χ0n) is 11.5. The maximum absolute atomic E-state index is 12.3. The van der Waals surface area contributed by atoms with Gasteiger partial charge in [0.25, 0.3) is 0 Å². The molecule has 1 atom stereocenters. The van der Waals surface area contributed by atoms with Crippen LogP contribution < -0.4 is 5.76 Å². The number of rotatable bonds is 2. The highest BCUT2D eigenvalue weighted by Gasteiger charge is 2.22. The van der Waals surface area contributed by atoms with E-state index in [1.807, 2.05) is 17.0 Å². The molecule has 106 valence electrons. The molecule has 3 rings (SSSR count). The molecule has 0 bridgehead atoms. The van der Waals surface area contributed by atoms with Crippen molar-refractivity contribution in [3.8, 4) is 0 Å². The minimum atomic E-state index is -0.468. The third-order valence-electron chi connectivity index (χ3n) is 3.88. The second kappa shape index (κ2) is 5.15. The molecular formula is C15H18N2O3. The van der Waals surface area contributed by atoms with Crippen molar-refractivity contribution in [1.82, 2.24) is 9.47 Å². The van der Waals surface area contributed by atoms with Gasteiger partial charge in [0.05, 0.1) is 5.52 Å². The number of carbonyl (C=O) groups excluding carboxylic acids is 1. The number of para-hydroxylation sites is 2. The van der Waals surface area contributed by atoms with Gasteiger partial charge in [0, 0.05) is 13.1 Å². The van der Waals surface area contributed by atoms with Crippen molar-refractivity contribution in [3.05, 3.63) is 34.8 Å². The standard InChI is InChI=1S/C15H18N2O3/c1-11-5-4-8-16(9-11)14(18)10-17-12-6-2-3-7-13(12)20-15(17)19/h2-3,6-7,11H,4-5,8-10H2,1H3/t11-/m1/s1. The molecule has 1 aliphatic heterocycles. The van der Waals surface area contributed by atoms with Gasteiger partial charge in [-0.25, -0.2) is 4.79 Å². The largest absolute Gasteiger partial charge is 0.420 e. The Hall–Kier alpha value is -2.04. The van der Waals surface area contributed by atoms with Crippen LogP contribution in [0.5, 0.6) is 0 Å². The monoisotopic (exact) mass is 274 g/mol. The van der Waals surface area contributed by atoms with Crippen LogP contribution in [0, 0.1) is 5.92 Å². The fourth-order valence-corrected chi connectivity index (χ4v) is 2.81. The summed E-state index contributed by atoms with van der Waals surface area (Å²) in [6, 6.07) is 7.18. The Morgan fingerprint density at radius 2 is 2.20 bits per heavy atom. The molecule has 1 aliphatic rings. The first-order chi connectivity index (χ1) is 9.65. The van der Waals surface area contributed by atoms with Crippen LogP contribution in [-0.2, 0) is 11.3 Å². The first-order valence-corrected chi connectivity index (χ1v) is 7.01. The van der Waals surface area contributed by atoms with Gasteiger partial charge in [0.2, 0.25) is 5.91 Å². The van der Waals surface area contributed by atoms with Crippen molar-refractivity contribution in [2.24, 2.45) is 5.92 Å². The van der Waals surface area contributed by atoms with Crippen LogP contribution in [0.4, 0.5) is 0 Å². The summed E-state index contributed by atoms with van der Waals surface area (Å²) >= 11 is 0. The van der Waals surface area contributed by atoms with Gasteiger partial charge in [0.1, 0.15) is 6.54 Å². The van der Waals surface area contributed by atoms with Crippen LogP contribution in [0.1, 0.15) is 19.8 Å². The molecular weight excluding hydrogens is 256 g/mol. The van der Waals surface area contributed by atoms with Crippen LogP contribution in [0.2, 0.25) is 0 Å². The average Bonchev–Trinajstić information content (AvgIpc) is 2.75. The van der Waals surface area contributed by atoms with E-state index in [0.29, 0.717) is 17.0 Å². The van der Waals surface area contributed by atoms with Gasteiger partial charge in [-0.15, -0.1) is 0 Å². The lowest BCUT2D eigenvalue weighted by Gasteiger charge is -2.30. The molecule has 1 aromatic carbocycles. The topological polar surface area (TPSA) is 55.5 Å². The second-order valence-corrected chi connectivity index (χ2v) is 5.51. The quantitative estimate of drug-likeness (QED) is 0.840. The van der Waals surface area contributed by atoms with Crippen molar-refractivity contribution in [2.45, 2.75) is 26.3 Å². The molecule has 0 spiro atoms. The summed E-state index contributed by atoms with van der Waals surface area (Å²) in [7, 11) is 0. The Morgan fingerprint density at radius 1 is 1.40 bits per heavy atom. The van der Waals surface area contributed by atoms with Gasteiger partial charge < -0.3 is 9.32 Å². The third-order valence-corrected chi connectivity index (χ3v) is 3.88. The Labute approximate surface area is 116 Å². The van der Waals surface area contributed by atoms with E-state index in [-0.39, 0.29) is 12.5 Å². The Balaban J connectivity index is 1.84. The number of fused-ring (bicyclic) bond motifs is 1. The van der Waals surface area contributed by atoms with E-state index in [1.165, 1.54) is 11.0 Å². The highest BCUT2D eigenvalue weighted by molar-refractivity contribution is 5.79. The Kier molecular flexibility index (Phi) is 3.34. The number of nitrogens with zero attached hydrogens (tertiary/aromatic N) is 2. The van der Waals surface area contributed by atoms with Crippen molar-refractivity contribution in [3.63, 3.8) is 0 Å². The molecule has 2 heterocycles. The average molecular weight is 274 g/mol. The fourth-order valence-electron chi connectivity index (χ4n) is 2.81. The van der Waals surface area contributed by atoms with E-state index in [9.17, 15) is 9.59 Å². The number of amides is 1. The molecule has 0 aliphatic carbocycles.